The number of carbonyl (C=O) groups is 2. The van der Waals surface area contributed by atoms with E-state index in [1.807, 2.05) is 30.3 Å². The van der Waals surface area contributed by atoms with E-state index in [2.05, 4.69) is 17.3 Å². The number of hydrogen-bond donors (Lipinski definition) is 2. The van der Waals surface area contributed by atoms with E-state index < -0.39 is 23.7 Å². The van der Waals surface area contributed by atoms with Gasteiger partial charge in [0, 0.05) is 6.42 Å². The Kier molecular flexibility index (Phi) is 10.1. The SMILES string of the molecule is CCOC(=O)[C@@H](Cc1ccccc1)NC(=O)c1cc(Cl)c(OCCC2CCN(C)CC2)c(Cl)c1O. The number of aromatic hydroxyl groups is 1. The van der Waals surface area contributed by atoms with Crippen LogP contribution in [0, 0.1) is 5.92 Å². The molecule has 1 fully saturated rings. The third-order valence-electron chi connectivity index (χ3n) is 6.16. The van der Waals surface area contributed by atoms with Gasteiger partial charge in [0.2, 0.25) is 0 Å². The van der Waals surface area contributed by atoms with Crippen molar-refractivity contribution in [2.45, 2.75) is 38.6 Å². The number of phenols is 1. The summed E-state index contributed by atoms with van der Waals surface area (Å²) in [5, 5.41) is 13.2. The molecular formula is C26H32Cl2N2O5. The average Bonchev–Trinajstić information content (AvgIpc) is 2.85. The fraction of sp³-hybridized carbons (Fsp3) is 0.462. The van der Waals surface area contributed by atoms with Gasteiger partial charge >= 0.3 is 5.97 Å². The molecule has 1 heterocycles. The number of amides is 1. The second-order valence-electron chi connectivity index (χ2n) is 8.75. The van der Waals surface area contributed by atoms with Gasteiger partial charge < -0.3 is 24.8 Å². The number of benzene rings is 2. The van der Waals surface area contributed by atoms with Crippen molar-refractivity contribution in [2.75, 3.05) is 33.4 Å². The molecule has 3 rings (SSSR count). The number of phenolic OH excluding ortho intramolecular Hbond substituents is 1. The number of esters is 1. The van der Waals surface area contributed by atoms with Gasteiger partial charge in [0.1, 0.15) is 11.1 Å². The first-order valence-corrected chi connectivity index (χ1v) is 12.6. The minimum atomic E-state index is -0.952. The molecule has 9 heteroatoms. The largest absolute Gasteiger partial charge is 0.505 e. The summed E-state index contributed by atoms with van der Waals surface area (Å²) in [7, 11) is 2.11. The van der Waals surface area contributed by atoms with Gasteiger partial charge in [-0.3, -0.25) is 4.79 Å². The molecule has 0 spiro atoms. The summed E-state index contributed by atoms with van der Waals surface area (Å²) >= 11 is 12.7. The molecule has 0 bridgehead atoms. The number of piperidine rings is 1. The number of nitrogens with zero attached hydrogens (tertiary/aromatic N) is 1. The molecule has 1 atom stereocenters. The molecule has 1 aliphatic heterocycles. The normalized spacial score (nSPS) is 15.4. The molecule has 2 N–H and O–H groups in total. The summed E-state index contributed by atoms with van der Waals surface area (Å²) in [6.45, 7) is 4.39. The fourth-order valence-corrected chi connectivity index (χ4v) is 4.66. The van der Waals surface area contributed by atoms with Crippen molar-refractivity contribution in [3.63, 3.8) is 0 Å². The highest BCUT2D eigenvalue weighted by Crippen LogP contribution is 2.42. The number of halogens is 2. The van der Waals surface area contributed by atoms with Gasteiger partial charge in [-0.15, -0.1) is 0 Å². The summed E-state index contributed by atoms with van der Waals surface area (Å²) in [4.78, 5) is 27.8. The standard InChI is InChI=1S/C26H32Cl2N2O5/c1-3-34-26(33)21(15-18-7-5-4-6-8-18)29-25(32)19-16-20(27)24(22(28)23(19)31)35-14-11-17-9-12-30(2)13-10-17/h4-8,16-17,21,31H,3,9-15H2,1-2H3,(H,29,32)/t21-/m1/s1. The van der Waals surface area contributed by atoms with Crippen molar-refractivity contribution in [3.8, 4) is 11.5 Å². The van der Waals surface area contributed by atoms with Crippen LogP contribution in [-0.4, -0.2) is 61.3 Å². The predicted octanol–water partition coefficient (Wildman–Crippen LogP) is 4.71. The number of ether oxygens (including phenoxy) is 2. The van der Waals surface area contributed by atoms with E-state index in [0.29, 0.717) is 12.5 Å². The Hall–Kier alpha value is -2.48. The summed E-state index contributed by atoms with van der Waals surface area (Å²) in [6, 6.07) is 9.59. The summed E-state index contributed by atoms with van der Waals surface area (Å²) in [6.07, 6.45) is 3.29. The Balaban J connectivity index is 1.69. The second kappa shape index (κ2) is 13.0. The molecule has 35 heavy (non-hydrogen) atoms. The second-order valence-corrected chi connectivity index (χ2v) is 9.53. The molecule has 0 aromatic heterocycles. The lowest BCUT2D eigenvalue weighted by atomic mass is 9.94. The number of hydrogen-bond acceptors (Lipinski definition) is 6. The minimum absolute atomic E-state index is 0.108. The van der Waals surface area contributed by atoms with Gasteiger partial charge in [0.15, 0.2) is 11.5 Å². The molecule has 190 valence electrons. The lowest BCUT2D eigenvalue weighted by Crippen LogP contribution is -2.43. The first-order valence-electron chi connectivity index (χ1n) is 11.8. The zero-order chi connectivity index (χ0) is 25.4. The molecule has 1 aliphatic rings. The highest BCUT2D eigenvalue weighted by atomic mass is 35.5. The van der Waals surface area contributed by atoms with Crippen LogP contribution in [0.2, 0.25) is 10.0 Å². The van der Waals surface area contributed by atoms with Crippen LogP contribution in [0.1, 0.15) is 42.1 Å². The van der Waals surface area contributed by atoms with Gasteiger partial charge in [-0.25, -0.2) is 4.79 Å². The maximum atomic E-state index is 13.0. The zero-order valence-electron chi connectivity index (χ0n) is 20.1. The van der Waals surface area contributed by atoms with Gasteiger partial charge in [-0.1, -0.05) is 53.5 Å². The maximum absolute atomic E-state index is 13.0. The Morgan fingerprint density at radius 1 is 1.20 bits per heavy atom. The third-order valence-corrected chi connectivity index (χ3v) is 6.80. The highest BCUT2D eigenvalue weighted by molar-refractivity contribution is 6.39. The van der Waals surface area contributed by atoms with E-state index in [4.69, 9.17) is 32.7 Å². The molecule has 7 nitrogen and oxygen atoms in total. The van der Waals surface area contributed by atoms with Gasteiger partial charge in [0.05, 0.1) is 23.8 Å². The highest BCUT2D eigenvalue weighted by Gasteiger charge is 2.27. The van der Waals surface area contributed by atoms with Crippen LogP contribution in [0.5, 0.6) is 11.5 Å². The Morgan fingerprint density at radius 2 is 1.89 bits per heavy atom. The van der Waals surface area contributed by atoms with Crippen molar-refractivity contribution in [3.05, 3.63) is 57.6 Å². The zero-order valence-corrected chi connectivity index (χ0v) is 21.6. The van der Waals surface area contributed by atoms with Crippen molar-refractivity contribution in [1.82, 2.24) is 10.2 Å². The van der Waals surface area contributed by atoms with Crippen molar-refractivity contribution >= 4 is 35.1 Å². The Labute approximate surface area is 216 Å². The van der Waals surface area contributed by atoms with Crippen molar-refractivity contribution < 1.29 is 24.2 Å². The topological polar surface area (TPSA) is 88.1 Å². The minimum Gasteiger partial charge on any atom is -0.505 e. The van der Waals surface area contributed by atoms with E-state index in [-0.39, 0.29) is 34.4 Å². The van der Waals surface area contributed by atoms with E-state index in [1.165, 1.54) is 6.07 Å². The van der Waals surface area contributed by atoms with Crippen LogP contribution in [0.25, 0.3) is 0 Å². The van der Waals surface area contributed by atoms with Crippen LogP contribution in [0.15, 0.2) is 36.4 Å². The molecule has 2 aromatic rings. The van der Waals surface area contributed by atoms with Crippen molar-refractivity contribution in [2.24, 2.45) is 5.92 Å². The number of carbonyl (C=O) groups excluding carboxylic acids is 2. The Morgan fingerprint density at radius 3 is 2.54 bits per heavy atom. The number of rotatable bonds is 10. The van der Waals surface area contributed by atoms with Gasteiger partial charge in [-0.05, 0) is 63.9 Å². The van der Waals surface area contributed by atoms with Gasteiger partial charge in [0.25, 0.3) is 5.91 Å². The lowest BCUT2D eigenvalue weighted by molar-refractivity contribution is -0.145. The quantitative estimate of drug-likeness (QED) is 0.439. The summed E-state index contributed by atoms with van der Waals surface area (Å²) in [5.41, 5.74) is 0.699. The summed E-state index contributed by atoms with van der Waals surface area (Å²) in [5.74, 6) is -1.02. The van der Waals surface area contributed by atoms with E-state index >= 15 is 0 Å². The smallest absolute Gasteiger partial charge is 0.328 e. The molecule has 0 radical (unpaired) electrons. The number of likely N-dealkylation sites (tertiary alicyclic amines) is 1. The monoisotopic (exact) mass is 522 g/mol. The Bertz CT molecular complexity index is 1010. The maximum Gasteiger partial charge on any atom is 0.328 e. The van der Waals surface area contributed by atoms with E-state index in [0.717, 1.165) is 37.9 Å². The van der Waals surface area contributed by atoms with Crippen LogP contribution in [0.3, 0.4) is 0 Å². The van der Waals surface area contributed by atoms with Crippen molar-refractivity contribution in [1.29, 1.82) is 0 Å². The molecule has 1 amide bonds. The van der Waals surface area contributed by atoms with Crippen LogP contribution >= 0.6 is 23.2 Å². The lowest BCUT2D eigenvalue weighted by Gasteiger charge is -2.28. The molecule has 0 aliphatic carbocycles. The van der Waals surface area contributed by atoms with Crippen LogP contribution in [-0.2, 0) is 16.0 Å². The van der Waals surface area contributed by atoms with Crippen LogP contribution in [0.4, 0.5) is 0 Å². The predicted molar refractivity (Wildman–Crippen MR) is 136 cm³/mol. The molecule has 0 saturated carbocycles. The van der Waals surface area contributed by atoms with E-state index in [9.17, 15) is 14.7 Å². The molecule has 2 aromatic carbocycles. The first kappa shape index (κ1) is 27.1. The third kappa shape index (κ3) is 7.50. The fourth-order valence-electron chi connectivity index (χ4n) is 4.10. The average molecular weight is 523 g/mol. The van der Waals surface area contributed by atoms with Crippen LogP contribution < -0.4 is 10.1 Å². The molecule has 1 saturated heterocycles. The first-order chi connectivity index (χ1) is 16.8. The van der Waals surface area contributed by atoms with Gasteiger partial charge in [-0.2, -0.15) is 0 Å². The number of nitrogens with one attached hydrogen (secondary N) is 1. The molecule has 0 unspecified atom stereocenters. The van der Waals surface area contributed by atoms with E-state index in [1.54, 1.807) is 6.92 Å². The summed E-state index contributed by atoms with van der Waals surface area (Å²) < 4.78 is 10.9. The molecular weight excluding hydrogens is 491 g/mol.